The highest BCUT2D eigenvalue weighted by molar-refractivity contribution is 9.10. The second kappa shape index (κ2) is 6.75. The Bertz CT molecular complexity index is 421. The Hall–Kier alpha value is -1.07. The third-order valence-electron chi connectivity index (χ3n) is 2.72. The van der Waals surface area contributed by atoms with Crippen LogP contribution in [0.5, 0.6) is 0 Å². The maximum absolute atomic E-state index is 11.3. The first-order valence-electron chi connectivity index (χ1n) is 5.74. The van der Waals surface area contributed by atoms with E-state index in [9.17, 15) is 9.90 Å². The van der Waals surface area contributed by atoms with Gasteiger partial charge >= 0.3 is 5.97 Å². The number of carboxylic acid groups (broad SMARTS) is 1. The quantitative estimate of drug-likeness (QED) is 0.846. The van der Waals surface area contributed by atoms with Crippen molar-refractivity contribution >= 4 is 27.6 Å². The highest BCUT2D eigenvalue weighted by Crippen LogP contribution is 2.26. The molecule has 100 valence electrons. The summed E-state index contributed by atoms with van der Waals surface area (Å²) in [7, 11) is 1.63. The number of benzene rings is 1. The summed E-state index contributed by atoms with van der Waals surface area (Å²) < 4.78 is 5.72. The van der Waals surface area contributed by atoms with Crippen LogP contribution in [-0.4, -0.2) is 30.8 Å². The first-order chi connectivity index (χ1) is 8.47. The molecule has 0 amide bonds. The number of anilines is 1. The van der Waals surface area contributed by atoms with Crippen molar-refractivity contribution in [1.82, 2.24) is 0 Å². The van der Waals surface area contributed by atoms with Gasteiger partial charge in [-0.25, -0.2) is 4.79 Å². The molecule has 0 spiro atoms. The van der Waals surface area contributed by atoms with Crippen molar-refractivity contribution in [2.45, 2.75) is 19.9 Å². The van der Waals surface area contributed by atoms with Crippen molar-refractivity contribution in [2.75, 3.05) is 19.0 Å². The molecule has 1 aromatic carbocycles. The largest absolute Gasteiger partial charge is 0.478 e. The molecule has 1 aromatic rings. The van der Waals surface area contributed by atoms with Gasteiger partial charge in [0, 0.05) is 11.6 Å². The van der Waals surface area contributed by atoms with Gasteiger partial charge in [-0.1, -0.05) is 19.9 Å². The van der Waals surface area contributed by atoms with E-state index in [1.807, 2.05) is 6.07 Å². The first-order valence-corrected chi connectivity index (χ1v) is 6.54. The van der Waals surface area contributed by atoms with Gasteiger partial charge in [-0.3, -0.25) is 0 Å². The average molecular weight is 316 g/mol. The zero-order chi connectivity index (χ0) is 13.7. The van der Waals surface area contributed by atoms with Crippen LogP contribution in [0.4, 0.5) is 5.69 Å². The fraction of sp³-hybridized carbons (Fsp3) is 0.462. The molecule has 0 aliphatic rings. The summed E-state index contributed by atoms with van der Waals surface area (Å²) >= 11 is 3.26. The maximum Gasteiger partial charge on any atom is 0.338 e. The van der Waals surface area contributed by atoms with E-state index in [0.29, 0.717) is 22.7 Å². The van der Waals surface area contributed by atoms with Crippen LogP contribution in [0.2, 0.25) is 0 Å². The minimum Gasteiger partial charge on any atom is -0.478 e. The number of ether oxygens (including phenoxy) is 1. The number of carboxylic acids is 1. The Labute approximate surface area is 115 Å². The van der Waals surface area contributed by atoms with Crippen molar-refractivity contribution in [3.63, 3.8) is 0 Å². The van der Waals surface area contributed by atoms with Gasteiger partial charge in [0.15, 0.2) is 0 Å². The molecule has 18 heavy (non-hydrogen) atoms. The summed E-state index contributed by atoms with van der Waals surface area (Å²) in [4.78, 5) is 11.3. The Morgan fingerprint density at radius 3 is 2.67 bits per heavy atom. The Balaban J connectivity index is 3.02. The van der Waals surface area contributed by atoms with Crippen molar-refractivity contribution in [3.8, 4) is 0 Å². The van der Waals surface area contributed by atoms with Gasteiger partial charge in [0.25, 0.3) is 0 Å². The predicted octanol–water partition coefficient (Wildman–Crippen LogP) is 3.23. The molecule has 0 fully saturated rings. The SMILES string of the molecule is COCC(Nc1cccc(Br)c1C(=O)O)C(C)C. The van der Waals surface area contributed by atoms with Crippen LogP contribution < -0.4 is 5.32 Å². The first kappa shape index (κ1) is 15.0. The summed E-state index contributed by atoms with van der Waals surface area (Å²) in [6.07, 6.45) is 0. The molecular formula is C13H18BrNO3. The Morgan fingerprint density at radius 2 is 2.17 bits per heavy atom. The molecule has 4 nitrogen and oxygen atoms in total. The highest BCUT2D eigenvalue weighted by atomic mass is 79.9. The van der Waals surface area contributed by atoms with E-state index in [1.165, 1.54) is 0 Å². The smallest absolute Gasteiger partial charge is 0.338 e. The average Bonchev–Trinajstić information content (AvgIpc) is 2.27. The highest BCUT2D eigenvalue weighted by Gasteiger charge is 2.18. The van der Waals surface area contributed by atoms with Crippen molar-refractivity contribution in [1.29, 1.82) is 0 Å². The van der Waals surface area contributed by atoms with E-state index in [1.54, 1.807) is 19.2 Å². The normalized spacial score (nSPS) is 12.5. The molecule has 2 N–H and O–H groups in total. The van der Waals surface area contributed by atoms with Gasteiger partial charge in [-0.15, -0.1) is 0 Å². The van der Waals surface area contributed by atoms with E-state index in [-0.39, 0.29) is 11.6 Å². The second-order valence-corrected chi connectivity index (χ2v) is 5.27. The number of nitrogens with one attached hydrogen (secondary N) is 1. The van der Waals surface area contributed by atoms with Crippen LogP contribution in [0, 0.1) is 5.92 Å². The van der Waals surface area contributed by atoms with Crippen molar-refractivity contribution < 1.29 is 14.6 Å². The number of carbonyl (C=O) groups is 1. The summed E-state index contributed by atoms with van der Waals surface area (Å²) in [6, 6.07) is 5.36. The lowest BCUT2D eigenvalue weighted by Gasteiger charge is -2.24. The molecule has 0 aliphatic heterocycles. The van der Waals surface area contributed by atoms with Gasteiger partial charge in [0.05, 0.1) is 23.9 Å². The topological polar surface area (TPSA) is 58.6 Å². The molecule has 0 radical (unpaired) electrons. The lowest BCUT2D eigenvalue weighted by Crippen LogP contribution is -2.31. The molecule has 0 bridgehead atoms. The summed E-state index contributed by atoms with van der Waals surface area (Å²) in [5, 5.41) is 12.5. The van der Waals surface area contributed by atoms with Crippen LogP contribution in [-0.2, 0) is 4.74 Å². The third-order valence-corrected chi connectivity index (χ3v) is 3.38. The van der Waals surface area contributed by atoms with Crippen LogP contribution in [0.3, 0.4) is 0 Å². The molecular weight excluding hydrogens is 298 g/mol. The fourth-order valence-corrected chi connectivity index (χ4v) is 2.18. The fourth-order valence-electron chi connectivity index (χ4n) is 1.64. The van der Waals surface area contributed by atoms with E-state index in [4.69, 9.17) is 4.74 Å². The predicted molar refractivity (Wildman–Crippen MR) is 75.2 cm³/mol. The van der Waals surface area contributed by atoms with Crippen LogP contribution in [0.25, 0.3) is 0 Å². The Kier molecular flexibility index (Phi) is 5.62. The van der Waals surface area contributed by atoms with Crippen LogP contribution >= 0.6 is 15.9 Å². The molecule has 0 heterocycles. The van der Waals surface area contributed by atoms with E-state index < -0.39 is 5.97 Å². The third kappa shape index (κ3) is 3.71. The van der Waals surface area contributed by atoms with Crippen molar-refractivity contribution in [3.05, 3.63) is 28.2 Å². The molecule has 0 aromatic heterocycles. The minimum atomic E-state index is -0.954. The molecule has 0 saturated carbocycles. The molecule has 5 heteroatoms. The van der Waals surface area contributed by atoms with Gasteiger partial charge in [0.2, 0.25) is 0 Å². The lowest BCUT2D eigenvalue weighted by atomic mass is 10.0. The molecule has 0 saturated heterocycles. The summed E-state index contributed by atoms with van der Waals surface area (Å²) in [5.41, 5.74) is 0.854. The number of aromatic carboxylic acids is 1. The zero-order valence-corrected chi connectivity index (χ0v) is 12.3. The molecule has 0 aliphatic carbocycles. The van der Waals surface area contributed by atoms with E-state index in [2.05, 4.69) is 35.1 Å². The van der Waals surface area contributed by atoms with Gasteiger partial charge < -0.3 is 15.2 Å². The number of halogens is 1. The molecule has 1 atom stereocenters. The maximum atomic E-state index is 11.3. The lowest BCUT2D eigenvalue weighted by molar-refractivity contribution is 0.0696. The number of hydrogen-bond donors (Lipinski definition) is 2. The molecule has 1 rings (SSSR count). The van der Waals surface area contributed by atoms with E-state index >= 15 is 0 Å². The summed E-state index contributed by atoms with van der Waals surface area (Å²) in [6.45, 7) is 4.66. The number of rotatable bonds is 6. The van der Waals surface area contributed by atoms with Gasteiger partial charge in [-0.05, 0) is 34.0 Å². The minimum absolute atomic E-state index is 0.0717. The Morgan fingerprint density at radius 1 is 1.50 bits per heavy atom. The second-order valence-electron chi connectivity index (χ2n) is 4.42. The monoisotopic (exact) mass is 315 g/mol. The van der Waals surface area contributed by atoms with E-state index in [0.717, 1.165) is 0 Å². The standard InChI is InChI=1S/C13H18BrNO3/c1-8(2)11(7-18-3)15-10-6-4-5-9(14)12(10)13(16)17/h4-6,8,11,15H,7H2,1-3H3,(H,16,17). The van der Waals surface area contributed by atoms with Crippen LogP contribution in [0.1, 0.15) is 24.2 Å². The number of hydrogen-bond acceptors (Lipinski definition) is 3. The van der Waals surface area contributed by atoms with Crippen molar-refractivity contribution in [2.24, 2.45) is 5.92 Å². The van der Waals surface area contributed by atoms with Crippen LogP contribution in [0.15, 0.2) is 22.7 Å². The zero-order valence-electron chi connectivity index (χ0n) is 10.7. The van der Waals surface area contributed by atoms with Gasteiger partial charge in [0.1, 0.15) is 0 Å². The molecule has 1 unspecified atom stereocenters. The summed E-state index contributed by atoms with van der Waals surface area (Å²) in [5.74, 6) is -0.615. The number of methoxy groups -OCH3 is 1. The van der Waals surface area contributed by atoms with Gasteiger partial charge in [-0.2, -0.15) is 0 Å².